The highest BCUT2D eigenvalue weighted by Crippen LogP contribution is 2.27. The third kappa shape index (κ3) is 3.19. The van der Waals surface area contributed by atoms with E-state index in [9.17, 15) is 0 Å². The van der Waals surface area contributed by atoms with Crippen LogP contribution in [0.4, 0.5) is 0 Å². The predicted octanol–water partition coefficient (Wildman–Crippen LogP) is 1.49. The Balaban J connectivity index is 1.80. The van der Waals surface area contributed by atoms with Crippen molar-refractivity contribution in [1.29, 1.82) is 0 Å². The third-order valence-electron chi connectivity index (χ3n) is 4.10. The van der Waals surface area contributed by atoms with Crippen LogP contribution in [0.25, 0.3) is 0 Å². The lowest BCUT2D eigenvalue weighted by Crippen LogP contribution is -2.51. The number of hydrogen-bond donors (Lipinski definition) is 1. The quantitative estimate of drug-likeness (QED) is 0.789. The minimum atomic E-state index is 0.401. The van der Waals surface area contributed by atoms with Gasteiger partial charge in [0.05, 0.1) is 12.7 Å². The van der Waals surface area contributed by atoms with Crippen molar-refractivity contribution < 1.29 is 4.74 Å². The lowest BCUT2D eigenvalue weighted by atomic mass is 9.86. The van der Waals surface area contributed by atoms with E-state index in [0.717, 1.165) is 38.2 Å². The summed E-state index contributed by atoms with van der Waals surface area (Å²) in [7, 11) is 2.00. The molecule has 94 valence electrons. The van der Waals surface area contributed by atoms with Crippen LogP contribution < -0.4 is 5.32 Å². The minimum Gasteiger partial charge on any atom is -0.374 e. The number of hydrogen-bond acceptors (Lipinski definition) is 3. The molecule has 3 nitrogen and oxygen atoms in total. The molecule has 2 fully saturated rings. The molecule has 0 aromatic rings. The molecule has 1 aliphatic heterocycles. The topological polar surface area (TPSA) is 24.5 Å². The fourth-order valence-corrected chi connectivity index (χ4v) is 3.03. The Hall–Kier alpha value is -0.120. The van der Waals surface area contributed by atoms with Crippen LogP contribution >= 0.6 is 0 Å². The molecule has 0 amide bonds. The van der Waals surface area contributed by atoms with E-state index in [-0.39, 0.29) is 0 Å². The van der Waals surface area contributed by atoms with Gasteiger partial charge in [0.1, 0.15) is 0 Å². The van der Waals surface area contributed by atoms with Gasteiger partial charge in [-0.05, 0) is 38.6 Å². The Bertz CT molecular complexity index is 200. The van der Waals surface area contributed by atoms with E-state index < -0.39 is 0 Å². The molecule has 1 saturated carbocycles. The minimum absolute atomic E-state index is 0.401. The zero-order valence-corrected chi connectivity index (χ0v) is 10.7. The van der Waals surface area contributed by atoms with Crippen LogP contribution in [0.5, 0.6) is 0 Å². The Kier molecular flexibility index (Phi) is 4.62. The lowest BCUT2D eigenvalue weighted by molar-refractivity contribution is -0.0477. The second-order valence-electron chi connectivity index (χ2n) is 5.46. The van der Waals surface area contributed by atoms with E-state index in [1.807, 2.05) is 7.05 Å². The van der Waals surface area contributed by atoms with Crippen molar-refractivity contribution in [2.45, 2.75) is 44.8 Å². The summed E-state index contributed by atoms with van der Waals surface area (Å²) in [6.45, 7) is 6.55. The smallest absolute Gasteiger partial charge is 0.0826 e. The van der Waals surface area contributed by atoms with Gasteiger partial charge in [-0.25, -0.2) is 0 Å². The summed E-state index contributed by atoms with van der Waals surface area (Å²) in [5, 5.41) is 3.22. The van der Waals surface area contributed by atoms with Gasteiger partial charge in [-0.3, -0.25) is 4.90 Å². The monoisotopic (exact) mass is 226 g/mol. The summed E-state index contributed by atoms with van der Waals surface area (Å²) in [5.74, 6) is 0.949. The molecule has 1 unspecified atom stereocenters. The van der Waals surface area contributed by atoms with E-state index >= 15 is 0 Å². The van der Waals surface area contributed by atoms with E-state index in [1.54, 1.807) is 0 Å². The highest BCUT2D eigenvalue weighted by molar-refractivity contribution is 4.82. The Morgan fingerprint density at radius 1 is 1.25 bits per heavy atom. The molecule has 1 N–H and O–H groups in total. The highest BCUT2D eigenvalue weighted by atomic mass is 16.5. The fraction of sp³-hybridized carbons (Fsp3) is 1.00. The average Bonchev–Trinajstić information content (AvgIpc) is 2.31. The van der Waals surface area contributed by atoms with Crippen molar-refractivity contribution in [3.05, 3.63) is 0 Å². The molecule has 0 aromatic heterocycles. The summed E-state index contributed by atoms with van der Waals surface area (Å²) in [5.41, 5.74) is 0. The third-order valence-corrected chi connectivity index (χ3v) is 4.10. The summed E-state index contributed by atoms with van der Waals surface area (Å²) in [6.07, 6.45) is 6.02. The van der Waals surface area contributed by atoms with E-state index in [2.05, 4.69) is 17.1 Å². The number of nitrogens with one attached hydrogen (secondary N) is 1. The second kappa shape index (κ2) is 5.99. The molecular formula is C13H26N2O. The van der Waals surface area contributed by atoms with E-state index in [4.69, 9.17) is 4.74 Å². The van der Waals surface area contributed by atoms with Crippen LogP contribution in [0.15, 0.2) is 0 Å². The Labute approximate surface area is 99.5 Å². The Morgan fingerprint density at radius 3 is 2.69 bits per heavy atom. The molecule has 16 heavy (non-hydrogen) atoms. The maximum atomic E-state index is 5.76. The number of likely N-dealkylation sites (N-methyl/N-ethyl adjacent to an activating group) is 1. The standard InChI is InChI=1S/C13H26N2O/c1-11-3-5-12(6-4-11)15-7-8-16-13(10-15)9-14-2/h11-14H,3-10H2,1-2H3. The van der Waals surface area contributed by atoms with Gasteiger partial charge >= 0.3 is 0 Å². The lowest BCUT2D eigenvalue weighted by Gasteiger charge is -2.41. The van der Waals surface area contributed by atoms with Gasteiger partial charge in [-0.15, -0.1) is 0 Å². The molecule has 0 aromatic carbocycles. The summed E-state index contributed by atoms with van der Waals surface area (Å²) in [6, 6.07) is 0.833. The van der Waals surface area contributed by atoms with Gasteiger partial charge < -0.3 is 10.1 Å². The van der Waals surface area contributed by atoms with Gasteiger partial charge in [0, 0.05) is 25.7 Å². The molecule has 1 aliphatic carbocycles. The highest BCUT2D eigenvalue weighted by Gasteiger charge is 2.28. The zero-order valence-electron chi connectivity index (χ0n) is 10.7. The molecule has 0 radical (unpaired) electrons. The first kappa shape index (κ1) is 12.3. The van der Waals surface area contributed by atoms with Crippen LogP contribution in [-0.2, 0) is 4.74 Å². The van der Waals surface area contributed by atoms with Crippen LogP contribution in [-0.4, -0.2) is 50.3 Å². The van der Waals surface area contributed by atoms with Gasteiger partial charge in [-0.2, -0.15) is 0 Å². The molecule has 0 bridgehead atoms. The SMILES string of the molecule is CNCC1CN(C2CCC(C)CC2)CCO1. The number of ether oxygens (including phenoxy) is 1. The normalized spacial score (nSPS) is 37.5. The predicted molar refractivity (Wildman–Crippen MR) is 66.7 cm³/mol. The molecular weight excluding hydrogens is 200 g/mol. The summed E-state index contributed by atoms with van der Waals surface area (Å²) in [4.78, 5) is 2.66. The summed E-state index contributed by atoms with van der Waals surface area (Å²) >= 11 is 0. The molecule has 3 heteroatoms. The zero-order chi connectivity index (χ0) is 11.4. The Morgan fingerprint density at radius 2 is 2.00 bits per heavy atom. The van der Waals surface area contributed by atoms with Crippen LogP contribution in [0.3, 0.4) is 0 Å². The molecule has 1 heterocycles. The van der Waals surface area contributed by atoms with Gasteiger partial charge in [-0.1, -0.05) is 6.92 Å². The molecule has 2 rings (SSSR count). The van der Waals surface area contributed by atoms with Crippen LogP contribution in [0, 0.1) is 5.92 Å². The number of rotatable bonds is 3. The van der Waals surface area contributed by atoms with Crippen LogP contribution in [0.2, 0.25) is 0 Å². The van der Waals surface area contributed by atoms with E-state index in [1.165, 1.54) is 25.7 Å². The molecule has 0 spiro atoms. The van der Waals surface area contributed by atoms with Gasteiger partial charge in [0.2, 0.25) is 0 Å². The second-order valence-corrected chi connectivity index (χ2v) is 5.46. The van der Waals surface area contributed by atoms with Crippen molar-refractivity contribution >= 4 is 0 Å². The van der Waals surface area contributed by atoms with E-state index in [0.29, 0.717) is 6.10 Å². The van der Waals surface area contributed by atoms with Crippen molar-refractivity contribution in [1.82, 2.24) is 10.2 Å². The fourth-order valence-electron chi connectivity index (χ4n) is 3.03. The number of nitrogens with zero attached hydrogens (tertiary/aromatic N) is 1. The first-order chi connectivity index (χ1) is 7.79. The van der Waals surface area contributed by atoms with Crippen molar-refractivity contribution in [2.75, 3.05) is 33.3 Å². The maximum Gasteiger partial charge on any atom is 0.0826 e. The first-order valence-corrected chi connectivity index (χ1v) is 6.80. The molecule has 1 atom stereocenters. The maximum absolute atomic E-state index is 5.76. The largest absolute Gasteiger partial charge is 0.374 e. The van der Waals surface area contributed by atoms with Crippen LogP contribution in [0.1, 0.15) is 32.6 Å². The average molecular weight is 226 g/mol. The first-order valence-electron chi connectivity index (χ1n) is 6.80. The van der Waals surface area contributed by atoms with Gasteiger partial charge in [0.15, 0.2) is 0 Å². The molecule has 2 aliphatic rings. The summed E-state index contributed by atoms with van der Waals surface area (Å²) < 4.78 is 5.76. The van der Waals surface area contributed by atoms with Gasteiger partial charge in [0.25, 0.3) is 0 Å². The molecule has 1 saturated heterocycles. The van der Waals surface area contributed by atoms with Crippen molar-refractivity contribution in [3.63, 3.8) is 0 Å². The van der Waals surface area contributed by atoms with Crippen molar-refractivity contribution in [2.24, 2.45) is 5.92 Å². The van der Waals surface area contributed by atoms with Crippen molar-refractivity contribution in [3.8, 4) is 0 Å². The number of morpholine rings is 1.